The molecule has 2 aliphatic rings. The molecule has 1 saturated heterocycles. The van der Waals surface area contributed by atoms with E-state index in [2.05, 4.69) is 4.72 Å². The van der Waals surface area contributed by atoms with E-state index in [1.54, 1.807) is 17.0 Å². The van der Waals surface area contributed by atoms with Crippen molar-refractivity contribution in [1.29, 1.82) is 0 Å². The molecule has 1 aliphatic carbocycles. The number of nitrogens with one attached hydrogen (secondary N) is 1. The Morgan fingerprint density at radius 2 is 1.84 bits per heavy atom. The third kappa shape index (κ3) is 4.34. The zero-order valence-electron chi connectivity index (χ0n) is 16.9. The minimum Gasteiger partial charge on any atom is -0.342 e. The van der Waals surface area contributed by atoms with Crippen LogP contribution in [0.1, 0.15) is 18.4 Å². The van der Waals surface area contributed by atoms with E-state index in [4.69, 9.17) is 0 Å². The number of sulfonamides is 1. The van der Waals surface area contributed by atoms with Gasteiger partial charge >= 0.3 is 0 Å². The molecule has 5 nitrogen and oxygen atoms in total. The van der Waals surface area contributed by atoms with Crippen LogP contribution in [0.5, 0.6) is 0 Å². The average Bonchev–Trinajstić information content (AvgIpc) is 3.18. The van der Waals surface area contributed by atoms with Crippen molar-refractivity contribution in [3.8, 4) is 11.1 Å². The fourth-order valence-electron chi connectivity index (χ4n) is 4.33. The predicted molar refractivity (Wildman–Crippen MR) is 110 cm³/mol. The van der Waals surface area contributed by atoms with Gasteiger partial charge in [-0.15, -0.1) is 0 Å². The molecule has 31 heavy (non-hydrogen) atoms. The third-order valence-corrected chi connectivity index (χ3v) is 6.72. The number of halogens is 3. The average molecular weight is 452 g/mol. The van der Waals surface area contributed by atoms with Gasteiger partial charge in [-0.3, -0.25) is 4.79 Å². The molecular weight excluding hydrogens is 429 g/mol. The molecule has 9 heteroatoms. The fourth-order valence-corrected chi connectivity index (χ4v) is 4.86. The van der Waals surface area contributed by atoms with Crippen molar-refractivity contribution in [2.45, 2.75) is 18.5 Å². The van der Waals surface area contributed by atoms with Crippen LogP contribution in [0.3, 0.4) is 0 Å². The van der Waals surface area contributed by atoms with E-state index in [1.807, 2.05) is 0 Å². The van der Waals surface area contributed by atoms with Crippen LogP contribution in [-0.2, 0) is 20.5 Å². The minimum atomic E-state index is -3.32. The molecule has 1 heterocycles. The molecule has 0 aromatic heterocycles. The van der Waals surface area contributed by atoms with Crippen LogP contribution >= 0.6 is 0 Å². The molecule has 1 N–H and O–H groups in total. The monoisotopic (exact) mass is 452 g/mol. The molecule has 166 valence electrons. The lowest BCUT2D eigenvalue weighted by Crippen LogP contribution is -2.34. The van der Waals surface area contributed by atoms with Gasteiger partial charge in [0.1, 0.15) is 17.3 Å². The van der Waals surface area contributed by atoms with Gasteiger partial charge in [-0.05, 0) is 35.6 Å². The van der Waals surface area contributed by atoms with Gasteiger partial charge in [0.2, 0.25) is 15.9 Å². The molecule has 2 fully saturated rings. The van der Waals surface area contributed by atoms with Crippen LogP contribution < -0.4 is 4.72 Å². The highest BCUT2D eigenvalue weighted by Gasteiger charge is 2.62. The van der Waals surface area contributed by atoms with Crippen molar-refractivity contribution in [2.24, 2.45) is 11.8 Å². The van der Waals surface area contributed by atoms with Gasteiger partial charge in [-0.25, -0.2) is 26.3 Å². The maximum atomic E-state index is 15.8. The van der Waals surface area contributed by atoms with Crippen LogP contribution in [0.2, 0.25) is 0 Å². The fraction of sp³-hybridized carbons (Fsp3) is 0.409. The van der Waals surface area contributed by atoms with E-state index < -0.39 is 33.2 Å². The number of amides is 1. The topological polar surface area (TPSA) is 66.5 Å². The molecule has 1 aliphatic heterocycles. The molecule has 0 spiro atoms. The Bertz CT molecular complexity index is 1100. The SMILES string of the molecule is CS(=O)(=O)NC[C@H]1CCN(C(=O)[C@@H]2C[C@@]2(F)c2ccccc2-c2c(F)cccc2F)C1. The highest BCUT2D eigenvalue weighted by molar-refractivity contribution is 7.88. The predicted octanol–water partition coefficient (Wildman–Crippen LogP) is 3.21. The van der Waals surface area contributed by atoms with E-state index in [0.717, 1.165) is 18.4 Å². The van der Waals surface area contributed by atoms with Crippen molar-refractivity contribution in [1.82, 2.24) is 9.62 Å². The summed E-state index contributed by atoms with van der Waals surface area (Å²) in [6.45, 7) is 0.992. The number of rotatable bonds is 6. The summed E-state index contributed by atoms with van der Waals surface area (Å²) in [6.07, 6.45) is 1.64. The lowest BCUT2D eigenvalue weighted by atomic mass is 9.93. The molecule has 0 radical (unpaired) electrons. The Balaban J connectivity index is 1.52. The molecule has 1 saturated carbocycles. The summed E-state index contributed by atoms with van der Waals surface area (Å²) < 4.78 is 69.5. The lowest BCUT2D eigenvalue weighted by molar-refractivity contribution is -0.132. The molecule has 1 amide bonds. The van der Waals surface area contributed by atoms with E-state index in [1.165, 1.54) is 18.2 Å². The molecule has 4 rings (SSSR count). The quantitative estimate of drug-likeness (QED) is 0.732. The molecule has 2 aromatic carbocycles. The van der Waals surface area contributed by atoms with Crippen LogP contribution in [0.4, 0.5) is 13.2 Å². The Morgan fingerprint density at radius 1 is 1.16 bits per heavy atom. The van der Waals surface area contributed by atoms with E-state index in [0.29, 0.717) is 19.5 Å². The highest BCUT2D eigenvalue weighted by Crippen LogP contribution is 2.58. The van der Waals surface area contributed by atoms with Gasteiger partial charge < -0.3 is 4.90 Å². The number of likely N-dealkylation sites (tertiary alicyclic amines) is 1. The van der Waals surface area contributed by atoms with Crippen molar-refractivity contribution >= 4 is 15.9 Å². The zero-order valence-corrected chi connectivity index (χ0v) is 17.8. The second-order valence-electron chi connectivity index (χ2n) is 8.32. The lowest BCUT2D eigenvalue weighted by Gasteiger charge is -2.19. The second kappa shape index (κ2) is 7.94. The molecule has 2 aromatic rings. The highest BCUT2D eigenvalue weighted by atomic mass is 32.2. The summed E-state index contributed by atoms with van der Waals surface area (Å²) in [6, 6.07) is 9.57. The summed E-state index contributed by atoms with van der Waals surface area (Å²) >= 11 is 0. The van der Waals surface area contributed by atoms with Gasteiger partial charge in [-0.1, -0.05) is 30.3 Å². The number of alkyl halides is 1. The number of nitrogens with zero attached hydrogens (tertiary/aromatic N) is 1. The van der Waals surface area contributed by atoms with Gasteiger partial charge in [-0.2, -0.15) is 0 Å². The molecular formula is C22H23F3N2O3S. The van der Waals surface area contributed by atoms with Gasteiger partial charge in [0.15, 0.2) is 0 Å². The number of benzene rings is 2. The Labute approximate surface area is 179 Å². The van der Waals surface area contributed by atoms with Crippen molar-refractivity contribution in [3.63, 3.8) is 0 Å². The summed E-state index contributed by atoms with van der Waals surface area (Å²) in [5.41, 5.74) is -2.09. The Hall–Kier alpha value is -2.39. The smallest absolute Gasteiger partial charge is 0.229 e. The maximum Gasteiger partial charge on any atom is 0.229 e. The van der Waals surface area contributed by atoms with Crippen LogP contribution in [0.25, 0.3) is 11.1 Å². The van der Waals surface area contributed by atoms with Crippen molar-refractivity contribution in [3.05, 3.63) is 59.7 Å². The van der Waals surface area contributed by atoms with E-state index in [9.17, 15) is 22.0 Å². The van der Waals surface area contributed by atoms with Gasteiger partial charge in [0.25, 0.3) is 0 Å². The van der Waals surface area contributed by atoms with Gasteiger partial charge in [0, 0.05) is 26.1 Å². The number of carbonyl (C=O) groups is 1. The van der Waals surface area contributed by atoms with Crippen molar-refractivity contribution < 1.29 is 26.4 Å². The summed E-state index contributed by atoms with van der Waals surface area (Å²) in [4.78, 5) is 14.5. The first-order chi connectivity index (χ1) is 14.6. The van der Waals surface area contributed by atoms with Crippen molar-refractivity contribution in [2.75, 3.05) is 25.9 Å². The van der Waals surface area contributed by atoms with E-state index in [-0.39, 0.29) is 41.5 Å². The zero-order chi connectivity index (χ0) is 22.4. The largest absolute Gasteiger partial charge is 0.342 e. The molecule has 0 bridgehead atoms. The maximum absolute atomic E-state index is 15.8. The van der Waals surface area contributed by atoms with Gasteiger partial charge in [0.05, 0.1) is 17.7 Å². The Kier molecular flexibility index (Phi) is 5.59. The van der Waals surface area contributed by atoms with Crippen LogP contribution in [0, 0.1) is 23.5 Å². The number of carbonyl (C=O) groups excluding carboxylic acids is 1. The number of hydrogen-bond donors (Lipinski definition) is 1. The second-order valence-corrected chi connectivity index (χ2v) is 10.2. The van der Waals surface area contributed by atoms with Crippen LogP contribution in [0.15, 0.2) is 42.5 Å². The first kappa shape index (κ1) is 21.8. The molecule has 0 unspecified atom stereocenters. The summed E-state index contributed by atoms with van der Waals surface area (Å²) in [7, 11) is -3.32. The minimum absolute atomic E-state index is 0.0359. The standard InChI is InChI=1S/C22H23F3N2O3S/c1-31(29,30)26-12-14-9-10-27(13-14)21(28)17-11-22(17,25)16-6-3-2-5-15(16)20-18(23)7-4-8-19(20)24/h2-8,14,17,26H,9-13H2,1H3/t14-,17+,22-/m1/s1. The normalized spacial score (nSPS) is 25.6. The summed E-state index contributed by atoms with van der Waals surface area (Å²) in [5.74, 6) is -2.90. The third-order valence-electron chi connectivity index (χ3n) is 6.03. The Morgan fingerprint density at radius 3 is 2.52 bits per heavy atom. The first-order valence-corrected chi connectivity index (χ1v) is 12.0. The molecule has 3 atom stereocenters. The number of hydrogen-bond acceptors (Lipinski definition) is 3. The summed E-state index contributed by atoms with van der Waals surface area (Å²) in [5, 5.41) is 0. The first-order valence-electron chi connectivity index (χ1n) is 10.1. The van der Waals surface area contributed by atoms with E-state index >= 15 is 4.39 Å². The van der Waals surface area contributed by atoms with Crippen LogP contribution in [-0.4, -0.2) is 45.1 Å².